The maximum absolute atomic E-state index is 13.8. The van der Waals surface area contributed by atoms with Crippen molar-refractivity contribution < 1.29 is 45.0 Å². The predicted molar refractivity (Wildman–Crippen MR) is 99.8 cm³/mol. The van der Waals surface area contributed by atoms with E-state index in [1.165, 1.54) is 27.0 Å². The van der Waals surface area contributed by atoms with Gasteiger partial charge >= 0.3 is 12.4 Å². The lowest BCUT2D eigenvalue weighted by Crippen LogP contribution is -2.59. The monoisotopic (exact) mass is 471 g/mol. The molecule has 0 fully saturated rings. The molecule has 2 rings (SSSR count). The molecule has 0 aliphatic carbocycles. The van der Waals surface area contributed by atoms with Crippen LogP contribution in [0.3, 0.4) is 0 Å². The molecule has 0 heterocycles. The van der Waals surface area contributed by atoms with Crippen molar-refractivity contribution in [3.8, 4) is 5.75 Å². The van der Waals surface area contributed by atoms with Crippen molar-refractivity contribution in [2.24, 2.45) is 0 Å². The van der Waals surface area contributed by atoms with Gasteiger partial charge in [-0.05, 0) is 47.4 Å². The molecule has 3 nitrogen and oxygen atoms in total. The van der Waals surface area contributed by atoms with Gasteiger partial charge in [-0.25, -0.2) is 8.78 Å². The van der Waals surface area contributed by atoms with Gasteiger partial charge in [0.2, 0.25) is 5.72 Å². The zero-order valence-corrected chi connectivity index (χ0v) is 17.3. The lowest BCUT2D eigenvalue weighted by atomic mass is 9.77. The molecule has 178 valence electrons. The standard InChI is InChI=1S/C21H21F8NO2/c1-18(2,16-9-14(22)4-5-17(16)32-3)11-19(31,21(27,28)29)30-10-12-6-13(20(24,25)26)8-15(23)7-12/h4-9,30-31H,10-11H2,1-3H3. The van der Waals surface area contributed by atoms with Gasteiger partial charge in [0.1, 0.15) is 17.4 Å². The topological polar surface area (TPSA) is 41.5 Å². The van der Waals surface area contributed by atoms with E-state index in [4.69, 9.17) is 4.74 Å². The zero-order chi connectivity index (χ0) is 24.5. The van der Waals surface area contributed by atoms with Gasteiger partial charge in [-0.2, -0.15) is 26.3 Å². The van der Waals surface area contributed by atoms with Crippen molar-refractivity contribution in [3.63, 3.8) is 0 Å². The third kappa shape index (κ3) is 5.89. The van der Waals surface area contributed by atoms with Gasteiger partial charge in [0, 0.05) is 18.5 Å². The Hall–Kier alpha value is -2.40. The molecule has 0 spiro atoms. The van der Waals surface area contributed by atoms with Crippen molar-refractivity contribution in [3.05, 3.63) is 64.7 Å². The van der Waals surface area contributed by atoms with E-state index in [1.807, 2.05) is 0 Å². The van der Waals surface area contributed by atoms with E-state index >= 15 is 0 Å². The first-order valence-electron chi connectivity index (χ1n) is 9.23. The number of alkyl halides is 6. The molecule has 11 heteroatoms. The van der Waals surface area contributed by atoms with E-state index in [2.05, 4.69) is 0 Å². The van der Waals surface area contributed by atoms with Gasteiger partial charge < -0.3 is 9.84 Å². The van der Waals surface area contributed by atoms with Gasteiger partial charge in [0.15, 0.2) is 0 Å². The van der Waals surface area contributed by atoms with Crippen LogP contribution in [0.5, 0.6) is 5.75 Å². The summed E-state index contributed by atoms with van der Waals surface area (Å²) in [4.78, 5) is 0. The molecule has 0 saturated carbocycles. The Morgan fingerprint density at radius 1 is 0.906 bits per heavy atom. The van der Waals surface area contributed by atoms with Gasteiger partial charge in [0.05, 0.1) is 12.7 Å². The molecule has 0 saturated heterocycles. The Balaban J connectivity index is 2.38. The fourth-order valence-electron chi connectivity index (χ4n) is 3.37. The summed E-state index contributed by atoms with van der Waals surface area (Å²) in [5.74, 6) is -1.95. The van der Waals surface area contributed by atoms with Crippen molar-refractivity contribution >= 4 is 0 Å². The minimum Gasteiger partial charge on any atom is -0.496 e. The highest BCUT2D eigenvalue weighted by Crippen LogP contribution is 2.42. The second-order valence-electron chi connectivity index (χ2n) is 7.96. The first-order chi connectivity index (χ1) is 14.5. The Morgan fingerprint density at radius 3 is 2.06 bits per heavy atom. The molecule has 2 aromatic rings. The number of nitrogens with one attached hydrogen (secondary N) is 1. The van der Waals surface area contributed by atoms with Gasteiger partial charge in [-0.3, -0.25) is 5.32 Å². The molecule has 0 aliphatic rings. The largest absolute Gasteiger partial charge is 0.496 e. The predicted octanol–water partition coefficient (Wildman–Crippen LogP) is 5.70. The Bertz CT molecular complexity index is 956. The van der Waals surface area contributed by atoms with E-state index in [0.29, 0.717) is 12.1 Å². The lowest BCUT2D eigenvalue weighted by Gasteiger charge is -2.39. The zero-order valence-electron chi connectivity index (χ0n) is 17.3. The fourth-order valence-corrected chi connectivity index (χ4v) is 3.37. The van der Waals surface area contributed by atoms with Crippen LogP contribution in [0.2, 0.25) is 0 Å². The van der Waals surface area contributed by atoms with Gasteiger partial charge in [0.25, 0.3) is 0 Å². The molecule has 2 aromatic carbocycles. The lowest BCUT2D eigenvalue weighted by molar-refractivity contribution is -0.280. The highest BCUT2D eigenvalue weighted by atomic mass is 19.4. The summed E-state index contributed by atoms with van der Waals surface area (Å²) in [5.41, 5.74) is -6.91. The third-order valence-corrected chi connectivity index (χ3v) is 4.93. The first-order valence-corrected chi connectivity index (χ1v) is 9.23. The minimum atomic E-state index is -5.27. The number of aliphatic hydroxyl groups is 1. The highest BCUT2D eigenvalue weighted by molar-refractivity contribution is 5.39. The second kappa shape index (κ2) is 8.86. The van der Waals surface area contributed by atoms with E-state index in [0.717, 1.165) is 12.1 Å². The molecule has 0 bridgehead atoms. The summed E-state index contributed by atoms with van der Waals surface area (Å²) < 4.78 is 112. The maximum atomic E-state index is 13.8. The van der Waals surface area contributed by atoms with Crippen LogP contribution in [0.4, 0.5) is 35.1 Å². The van der Waals surface area contributed by atoms with Crippen LogP contribution in [0.1, 0.15) is 37.0 Å². The Kier molecular flexibility index (Phi) is 7.16. The third-order valence-electron chi connectivity index (χ3n) is 4.93. The SMILES string of the molecule is COc1ccc(F)cc1C(C)(C)CC(O)(NCc1cc(F)cc(C(F)(F)F)c1)C(F)(F)F. The molecule has 32 heavy (non-hydrogen) atoms. The average Bonchev–Trinajstić information content (AvgIpc) is 2.64. The molecule has 1 unspecified atom stereocenters. The van der Waals surface area contributed by atoms with Crippen molar-refractivity contribution in [1.82, 2.24) is 5.32 Å². The molecule has 0 aromatic heterocycles. The van der Waals surface area contributed by atoms with Gasteiger partial charge in [-0.15, -0.1) is 0 Å². The number of ether oxygens (including phenoxy) is 1. The summed E-state index contributed by atoms with van der Waals surface area (Å²) in [6, 6.07) is 4.55. The molecule has 1 atom stereocenters. The van der Waals surface area contributed by atoms with Crippen LogP contribution in [0, 0.1) is 11.6 Å². The molecular weight excluding hydrogens is 450 g/mol. The van der Waals surface area contributed by atoms with Crippen LogP contribution < -0.4 is 10.1 Å². The molecule has 0 radical (unpaired) electrons. The summed E-state index contributed by atoms with van der Waals surface area (Å²) in [6.07, 6.45) is -11.2. The smallest absolute Gasteiger partial charge is 0.431 e. The molecular formula is C21H21F8NO2. The van der Waals surface area contributed by atoms with Crippen LogP contribution in [-0.2, 0) is 18.1 Å². The van der Waals surface area contributed by atoms with E-state index in [1.54, 1.807) is 5.32 Å². The maximum Gasteiger partial charge on any atom is 0.431 e. The number of halogens is 8. The summed E-state index contributed by atoms with van der Waals surface area (Å²) in [5, 5.41) is 12.2. The van der Waals surface area contributed by atoms with Crippen LogP contribution in [-0.4, -0.2) is 24.1 Å². The summed E-state index contributed by atoms with van der Waals surface area (Å²) >= 11 is 0. The van der Waals surface area contributed by atoms with Crippen LogP contribution >= 0.6 is 0 Å². The van der Waals surface area contributed by atoms with Crippen LogP contribution in [0.25, 0.3) is 0 Å². The quantitative estimate of drug-likeness (QED) is 0.402. The molecule has 0 aliphatic heterocycles. The fraction of sp³-hybridized carbons (Fsp3) is 0.429. The Morgan fingerprint density at radius 2 is 1.53 bits per heavy atom. The number of hydrogen-bond donors (Lipinski definition) is 2. The Labute approximate surface area is 179 Å². The number of hydrogen-bond acceptors (Lipinski definition) is 3. The number of methoxy groups -OCH3 is 1. The number of rotatable bonds is 7. The highest BCUT2D eigenvalue weighted by Gasteiger charge is 2.56. The van der Waals surface area contributed by atoms with Crippen molar-refractivity contribution in [1.29, 1.82) is 0 Å². The van der Waals surface area contributed by atoms with Crippen molar-refractivity contribution in [2.45, 2.75) is 50.3 Å². The number of benzene rings is 2. The van der Waals surface area contributed by atoms with Gasteiger partial charge in [-0.1, -0.05) is 13.8 Å². The second-order valence-corrected chi connectivity index (χ2v) is 7.96. The normalized spacial score (nSPS) is 14.9. The summed E-state index contributed by atoms with van der Waals surface area (Å²) in [6.45, 7) is 1.70. The average molecular weight is 471 g/mol. The van der Waals surface area contributed by atoms with E-state index in [-0.39, 0.29) is 17.4 Å². The first kappa shape index (κ1) is 25.9. The van der Waals surface area contributed by atoms with Crippen molar-refractivity contribution in [2.75, 3.05) is 7.11 Å². The molecule has 2 N–H and O–H groups in total. The van der Waals surface area contributed by atoms with E-state index < -0.39 is 59.2 Å². The van der Waals surface area contributed by atoms with E-state index in [9.17, 15) is 40.2 Å². The molecule has 0 amide bonds. The van der Waals surface area contributed by atoms with Crippen LogP contribution in [0.15, 0.2) is 36.4 Å². The summed E-state index contributed by atoms with van der Waals surface area (Å²) in [7, 11) is 1.24. The minimum absolute atomic E-state index is 0.0367.